The van der Waals surface area contributed by atoms with Crippen LogP contribution in [-0.4, -0.2) is 60.0 Å². The van der Waals surface area contributed by atoms with Crippen LogP contribution in [0.1, 0.15) is 37.0 Å². The fourth-order valence-corrected chi connectivity index (χ4v) is 3.32. The summed E-state index contributed by atoms with van der Waals surface area (Å²) in [5, 5.41) is 7.56. The third kappa shape index (κ3) is 5.58. The molecule has 0 atom stereocenters. The largest absolute Gasteiger partial charge is 0.436 e. The predicted molar refractivity (Wildman–Crippen MR) is 115 cm³/mol. The van der Waals surface area contributed by atoms with Crippen LogP contribution in [0.25, 0.3) is 10.8 Å². The van der Waals surface area contributed by atoms with E-state index in [1.165, 1.54) is 0 Å². The highest BCUT2D eigenvalue weighted by Crippen LogP contribution is 2.21. The van der Waals surface area contributed by atoms with Gasteiger partial charge in [0.2, 0.25) is 0 Å². The number of carbonyl (C=O) groups is 4. The normalized spacial score (nSPS) is 13.7. The lowest BCUT2D eigenvalue weighted by atomic mass is 10.1. The number of carbonyl (C=O) groups excluding carboxylic acids is 4. The Balaban J connectivity index is 1.60. The van der Waals surface area contributed by atoms with E-state index in [0.29, 0.717) is 22.9 Å². The second kappa shape index (κ2) is 10.0. The van der Waals surface area contributed by atoms with Crippen molar-refractivity contribution in [3.8, 4) is 0 Å². The number of anilines is 1. The molecule has 4 amide bonds. The molecule has 1 fully saturated rings. The van der Waals surface area contributed by atoms with Crippen molar-refractivity contribution in [3.05, 3.63) is 42.0 Å². The highest BCUT2D eigenvalue weighted by atomic mass is 16.7. The maximum Gasteiger partial charge on any atom is 0.436 e. The Labute approximate surface area is 180 Å². The summed E-state index contributed by atoms with van der Waals surface area (Å²) in [6.45, 7) is 7.43. The van der Waals surface area contributed by atoms with Crippen LogP contribution in [-0.2, 0) is 14.4 Å². The van der Waals surface area contributed by atoms with Gasteiger partial charge in [0.1, 0.15) is 0 Å². The Morgan fingerprint density at radius 1 is 1.00 bits per heavy atom. The summed E-state index contributed by atoms with van der Waals surface area (Å²) >= 11 is 0. The van der Waals surface area contributed by atoms with Gasteiger partial charge in [-0.1, -0.05) is 26.0 Å². The molecule has 1 aliphatic rings. The molecule has 164 valence electrons. The number of nitrogens with zero attached hydrogens (tertiary/aromatic N) is 2. The molecule has 0 unspecified atom stereocenters. The topological polar surface area (TPSA) is 108 Å². The zero-order valence-corrected chi connectivity index (χ0v) is 17.6. The molecule has 2 aromatic rings. The van der Waals surface area contributed by atoms with E-state index in [2.05, 4.69) is 29.4 Å². The third-order valence-corrected chi connectivity index (χ3v) is 5.14. The van der Waals surface area contributed by atoms with E-state index in [4.69, 9.17) is 4.84 Å². The van der Waals surface area contributed by atoms with Crippen LogP contribution in [0.15, 0.2) is 36.4 Å². The van der Waals surface area contributed by atoms with Crippen molar-refractivity contribution in [1.82, 2.24) is 15.3 Å². The molecule has 3 rings (SSSR count). The first kappa shape index (κ1) is 22.2. The molecule has 2 aromatic carbocycles. The van der Waals surface area contributed by atoms with Gasteiger partial charge in [0.25, 0.3) is 17.7 Å². The highest BCUT2D eigenvalue weighted by Gasteiger charge is 2.32. The standard InChI is InChI=1S/C22H26N4O5/c1-3-25(4-2)12-11-23-21(29)17-6-5-16-14-18(8-7-15(16)13-17)24-22(30)31-26-19(27)9-10-20(26)28/h5-8,13-14H,3-4,9-12H2,1-2H3,(H,23,29)(H,24,30). The summed E-state index contributed by atoms with van der Waals surface area (Å²) in [6, 6.07) is 10.4. The van der Waals surface area contributed by atoms with Gasteiger partial charge in [-0.2, -0.15) is 0 Å². The Morgan fingerprint density at radius 3 is 2.32 bits per heavy atom. The highest BCUT2D eigenvalue weighted by molar-refractivity contribution is 6.02. The number of hydroxylamine groups is 2. The van der Waals surface area contributed by atoms with E-state index in [1.54, 1.807) is 36.4 Å². The van der Waals surface area contributed by atoms with Crippen LogP contribution >= 0.6 is 0 Å². The molecular formula is C22H26N4O5. The molecule has 9 nitrogen and oxygen atoms in total. The summed E-state index contributed by atoms with van der Waals surface area (Å²) < 4.78 is 0. The number of hydrogen-bond donors (Lipinski definition) is 2. The minimum Gasteiger partial charge on any atom is -0.351 e. The van der Waals surface area contributed by atoms with Crippen molar-refractivity contribution in [2.24, 2.45) is 0 Å². The van der Waals surface area contributed by atoms with Crippen LogP contribution in [0.2, 0.25) is 0 Å². The quantitative estimate of drug-likeness (QED) is 0.628. The molecule has 0 bridgehead atoms. The third-order valence-electron chi connectivity index (χ3n) is 5.14. The summed E-state index contributed by atoms with van der Waals surface area (Å²) in [7, 11) is 0. The Kier molecular flexibility index (Phi) is 7.19. The van der Waals surface area contributed by atoms with Crippen LogP contribution in [0.5, 0.6) is 0 Å². The van der Waals surface area contributed by atoms with E-state index in [-0.39, 0.29) is 18.7 Å². The van der Waals surface area contributed by atoms with E-state index in [0.717, 1.165) is 30.4 Å². The van der Waals surface area contributed by atoms with Gasteiger partial charge in [-0.15, -0.1) is 5.06 Å². The molecule has 1 saturated heterocycles. The molecule has 2 N–H and O–H groups in total. The molecule has 0 aliphatic carbocycles. The van der Waals surface area contributed by atoms with Crippen molar-refractivity contribution >= 4 is 40.3 Å². The van der Waals surface area contributed by atoms with Gasteiger partial charge >= 0.3 is 6.09 Å². The Bertz CT molecular complexity index is 987. The SMILES string of the molecule is CCN(CC)CCNC(=O)c1ccc2cc(NC(=O)ON3C(=O)CCC3=O)ccc2c1. The molecule has 31 heavy (non-hydrogen) atoms. The van der Waals surface area contributed by atoms with E-state index < -0.39 is 17.9 Å². The molecule has 0 radical (unpaired) electrons. The molecule has 1 aliphatic heterocycles. The number of hydrogen-bond acceptors (Lipinski definition) is 6. The second-order valence-corrected chi connectivity index (χ2v) is 7.15. The van der Waals surface area contributed by atoms with Gasteiger partial charge in [-0.3, -0.25) is 19.7 Å². The maximum atomic E-state index is 12.4. The lowest BCUT2D eigenvalue weighted by Crippen LogP contribution is -2.34. The number of fused-ring (bicyclic) bond motifs is 1. The Hall–Kier alpha value is -3.46. The molecular weight excluding hydrogens is 400 g/mol. The smallest absolute Gasteiger partial charge is 0.351 e. The zero-order valence-electron chi connectivity index (χ0n) is 17.6. The predicted octanol–water partition coefficient (Wildman–Crippen LogP) is 2.52. The monoisotopic (exact) mass is 426 g/mol. The van der Waals surface area contributed by atoms with Crippen LogP contribution in [0.3, 0.4) is 0 Å². The van der Waals surface area contributed by atoms with Gasteiger partial charge in [0, 0.05) is 37.2 Å². The summed E-state index contributed by atoms with van der Waals surface area (Å²) in [5.41, 5.74) is 0.992. The molecule has 0 aromatic heterocycles. The van der Waals surface area contributed by atoms with Gasteiger partial charge in [-0.05, 0) is 48.1 Å². The second-order valence-electron chi connectivity index (χ2n) is 7.15. The lowest BCUT2D eigenvalue weighted by molar-refractivity contribution is -0.170. The van der Waals surface area contributed by atoms with Crippen molar-refractivity contribution in [1.29, 1.82) is 0 Å². The number of likely N-dealkylation sites (N-methyl/N-ethyl adjacent to an activating group) is 1. The maximum absolute atomic E-state index is 12.4. The van der Waals surface area contributed by atoms with E-state index in [1.807, 2.05) is 0 Å². The van der Waals surface area contributed by atoms with Crippen LogP contribution < -0.4 is 10.6 Å². The Morgan fingerprint density at radius 2 is 1.65 bits per heavy atom. The van der Waals surface area contributed by atoms with Gasteiger partial charge in [-0.25, -0.2) is 4.79 Å². The fourth-order valence-electron chi connectivity index (χ4n) is 3.32. The van der Waals surface area contributed by atoms with Crippen LogP contribution in [0, 0.1) is 0 Å². The van der Waals surface area contributed by atoms with Gasteiger partial charge < -0.3 is 15.1 Å². The summed E-state index contributed by atoms with van der Waals surface area (Å²) in [5.74, 6) is -1.22. The first-order chi connectivity index (χ1) is 14.9. The number of benzene rings is 2. The van der Waals surface area contributed by atoms with Crippen molar-refractivity contribution in [2.75, 3.05) is 31.5 Å². The first-order valence-corrected chi connectivity index (χ1v) is 10.3. The molecule has 9 heteroatoms. The first-order valence-electron chi connectivity index (χ1n) is 10.3. The van der Waals surface area contributed by atoms with Crippen molar-refractivity contribution in [3.63, 3.8) is 0 Å². The van der Waals surface area contributed by atoms with Crippen molar-refractivity contribution in [2.45, 2.75) is 26.7 Å². The van der Waals surface area contributed by atoms with Gasteiger partial charge in [0.15, 0.2) is 0 Å². The fraction of sp³-hybridized carbons (Fsp3) is 0.364. The zero-order chi connectivity index (χ0) is 22.4. The van der Waals surface area contributed by atoms with Crippen molar-refractivity contribution < 1.29 is 24.0 Å². The summed E-state index contributed by atoms with van der Waals surface area (Å²) in [4.78, 5) is 54.5. The number of imide groups is 1. The molecule has 0 saturated carbocycles. The summed E-state index contributed by atoms with van der Waals surface area (Å²) in [6.07, 6.45) is -0.854. The van der Waals surface area contributed by atoms with Gasteiger partial charge in [0.05, 0.1) is 0 Å². The minimum atomic E-state index is -0.924. The molecule has 1 heterocycles. The average molecular weight is 426 g/mol. The van der Waals surface area contributed by atoms with E-state index >= 15 is 0 Å². The van der Waals surface area contributed by atoms with Crippen LogP contribution in [0.4, 0.5) is 10.5 Å². The van der Waals surface area contributed by atoms with E-state index in [9.17, 15) is 19.2 Å². The number of amides is 4. The lowest BCUT2D eigenvalue weighted by Gasteiger charge is -2.18. The molecule has 0 spiro atoms. The number of rotatable bonds is 8. The number of nitrogens with one attached hydrogen (secondary N) is 2. The minimum absolute atomic E-state index is 0.0352. The average Bonchev–Trinajstić information content (AvgIpc) is 3.08.